The van der Waals surface area contributed by atoms with Crippen molar-refractivity contribution in [3.63, 3.8) is 0 Å². The van der Waals surface area contributed by atoms with Gasteiger partial charge in [-0.1, -0.05) is 19.8 Å². The number of hydrogen-bond acceptors (Lipinski definition) is 3. The van der Waals surface area contributed by atoms with E-state index in [0.717, 1.165) is 56.9 Å². The number of nitrogens with one attached hydrogen (secondary N) is 1. The average Bonchev–Trinajstić information content (AvgIpc) is 3.03. The topological polar surface area (TPSA) is 36.9 Å². The van der Waals surface area contributed by atoms with Crippen LogP contribution in [0.4, 0.5) is 0 Å². The van der Waals surface area contributed by atoms with Crippen LogP contribution in [-0.2, 0) is 4.74 Å². The highest BCUT2D eigenvalue weighted by Gasteiger charge is 2.37. The fourth-order valence-corrected chi connectivity index (χ4v) is 5.84. The molecule has 0 aromatic heterocycles. The largest absolute Gasteiger partial charge is 0.381 e. The van der Waals surface area contributed by atoms with Crippen molar-refractivity contribution in [3.8, 4) is 0 Å². The molecule has 0 amide bonds. The van der Waals surface area contributed by atoms with E-state index in [1.807, 2.05) is 0 Å². The van der Waals surface area contributed by atoms with Gasteiger partial charge in [0.25, 0.3) is 0 Å². The van der Waals surface area contributed by atoms with Crippen molar-refractivity contribution in [2.45, 2.75) is 57.1 Å². The molecule has 0 aromatic carbocycles. The second kappa shape index (κ2) is 8.79. The Balaban J connectivity index is 1.66. The van der Waals surface area contributed by atoms with Gasteiger partial charge in [-0.3, -0.25) is 4.99 Å². The number of hydrogen-bond donors (Lipinski definition) is 1. The van der Waals surface area contributed by atoms with Gasteiger partial charge in [0.15, 0.2) is 5.96 Å². The fourth-order valence-electron chi connectivity index (χ4n) is 4.62. The zero-order chi connectivity index (χ0) is 16.8. The minimum Gasteiger partial charge on any atom is -0.381 e. The minimum absolute atomic E-state index is 0.292. The van der Waals surface area contributed by atoms with Crippen LogP contribution in [0.15, 0.2) is 4.99 Å². The first kappa shape index (κ1) is 18.4. The first-order chi connectivity index (χ1) is 11.8. The van der Waals surface area contributed by atoms with Gasteiger partial charge in [0.2, 0.25) is 0 Å². The van der Waals surface area contributed by atoms with Crippen molar-refractivity contribution in [3.05, 3.63) is 0 Å². The van der Waals surface area contributed by atoms with Crippen LogP contribution in [0.2, 0.25) is 0 Å². The average molecular weight is 354 g/mol. The number of rotatable bonds is 5. The maximum Gasteiger partial charge on any atom is 0.193 e. The molecule has 1 aliphatic carbocycles. The van der Waals surface area contributed by atoms with Gasteiger partial charge >= 0.3 is 0 Å². The summed E-state index contributed by atoms with van der Waals surface area (Å²) in [4.78, 5) is 7.67. The Morgan fingerprint density at radius 3 is 2.42 bits per heavy atom. The molecule has 3 aliphatic rings. The molecule has 2 heterocycles. The number of thioether (sulfide) groups is 1. The molecule has 3 fully saturated rings. The van der Waals surface area contributed by atoms with Crippen LogP contribution in [0.25, 0.3) is 0 Å². The summed E-state index contributed by atoms with van der Waals surface area (Å²) in [7, 11) is 0. The Bertz CT molecular complexity index is 403. The van der Waals surface area contributed by atoms with Crippen molar-refractivity contribution < 1.29 is 4.74 Å². The van der Waals surface area contributed by atoms with Gasteiger partial charge < -0.3 is 15.0 Å². The molecule has 0 bridgehead atoms. The summed E-state index contributed by atoms with van der Waals surface area (Å²) >= 11 is 2.09. The lowest BCUT2D eigenvalue weighted by Gasteiger charge is -2.35. The number of nitrogens with zero attached hydrogens (tertiary/aromatic N) is 2. The van der Waals surface area contributed by atoms with Gasteiger partial charge in [-0.15, -0.1) is 0 Å². The number of guanidine groups is 1. The molecule has 2 atom stereocenters. The first-order valence-corrected chi connectivity index (χ1v) is 11.0. The van der Waals surface area contributed by atoms with Gasteiger partial charge in [-0.2, -0.15) is 11.8 Å². The van der Waals surface area contributed by atoms with Crippen molar-refractivity contribution in [1.82, 2.24) is 10.2 Å². The van der Waals surface area contributed by atoms with E-state index in [-0.39, 0.29) is 0 Å². The molecule has 24 heavy (non-hydrogen) atoms. The number of fused-ring (bicyclic) bond motifs is 1. The third-order valence-electron chi connectivity index (χ3n) is 5.98. The highest BCUT2D eigenvalue weighted by molar-refractivity contribution is 8.00. The van der Waals surface area contributed by atoms with Crippen molar-refractivity contribution >= 4 is 17.7 Å². The van der Waals surface area contributed by atoms with E-state index in [9.17, 15) is 0 Å². The molecular formula is C19H35N3OS. The summed E-state index contributed by atoms with van der Waals surface area (Å²) in [5, 5.41) is 3.57. The quantitative estimate of drug-likeness (QED) is 0.607. The molecular weight excluding hydrogens is 318 g/mol. The number of ether oxygens (including phenoxy) is 1. The summed E-state index contributed by atoms with van der Waals surface area (Å²) in [6, 6.07) is 0. The monoisotopic (exact) mass is 353 g/mol. The van der Waals surface area contributed by atoms with E-state index >= 15 is 0 Å². The third kappa shape index (κ3) is 4.40. The minimum atomic E-state index is 0.292. The summed E-state index contributed by atoms with van der Waals surface area (Å²) in [6.45, 7) is 10.6. The van der Waals surface area contributed by atoms with E-state index in [2.05, 4.69) is 35.8 Å². The highest BCUT2D eigenvalue weighted by atomic mass is 32.2. The molecule has 1 N–H and O–H groups in total. The molecule has 1 saturated carbocycles. The van der Waals surface area contributed by atoms with E-state index in [0.29, 0.717) is 4.75 Å². The van der Waals surface area contributed by atoms with Crippen LogP contribution in [0.5, 0.6) is 0 Å². The highest BCUT2D eigenvalue weighted by Crippen LogP contribution is 2.37. The van der Waals surface area contributed by atoms with Crippen LogP contribution < -0.4 is 5.32 Å². The maximum atomic E-state index is 5.60. The van der Waals surface area contributed by atoms with Crippen molar-refractivity contribution in [2.75, 3.05) is 45.1 Å². The predicted octanol–water partition coefficient (Wildman–Crippen LogP) is 3.38. The summed E-state index contributed by atoms with van der Waals surface area (Å²) in [5.41, 5.74) is 0. The van der Waals surface area contributed by atoms with Crippen LogP contribution in [0.1, 0.15) is 52.4 Å². The number of likely N-dealkylation sites (tertiary alicyclic amines) is 1. The Hall–Kier alpha value is -0.420. The summed E-state index contributed by atoms with van der Waals surface area (Å²) in [6.07, 6.45) is 7.98. The lowest BCUT2D eigenvalue weighted by atomic mass is 9.82. The Labute approximate surface area is 152 Å². The van der Waals surface area contributed by atoms with Gasteiger partial charge in [-0.25, -0.2) is 0 Å². The van der Waals surface area contributed by atoms with Crippen LogP contribution in [0, 0.1) is 11.8 Å². The Morgan fingerprint density at radius 2 is 1.83 bits per heavy atom. The van der Waals surface area contributed by atoms with Crippen LogP contribution >= 0.6 is 11.8 Å². The van der Waals surface area contributed by atoms with Crippen molar-refractivity contribution in [1.29, 1.82) is 0 Å². The van der Waals surface area contributed by atoms with Gasteiger partial charge in [0.05, 0.1) is 6.54 Å². The maximum absolute atomic E-state index is 5.60. The second-order valence-corrected chi connectivity index (χ2v) is 9.34. The normalized spacial score (nSPS) is 30.2. The Morgan fingerprint density at radius 1 is 1.17 bits per heavy atom. The molecule has 0 spiro atoms. The number of aliphatic imine (C=N–C) groups is 1. The molecule has 0 aromatic rings. The van der Waals surface area contributed by atoms with E-state index in [1.165, 1.54) is 44.5 Å². The second-order valence-electron chi connectivity index (χ2n) is 7.61. The molecule has 3 rings (SSSR count). The van der Waals surface area contributed by atoms with Gasteiger partial charge in [0, 0.05) is 37.6 Å². The fraction of sp³-hybridized carbons (Fsp3) is 0.947. The third-order valence-corrected chi connectivity index (χ3v) is 7.42. The van der Waals surface area contributed by atoms with Gasteiger partial charge in [-0.05, 0) is 50.2 Å². The van der Waals surface area contributed by atoms with E-state index < -0.39 is 0 Å². The van der Waals surface area contributed by atoms with Crippen LogP contribution in [0.3, 0.4) is 0 Å². The summed E-state index contributed by atoms with van der Waals surface area (Å²) in [5.74, 6) is 4.14. The molecule has 138 valence electrons. The van der Waals surface area contributed by atoms with E-state index in [4.69, 9.17) is 9.73 Å². The Kier molecular flexibility index (Phi) is 6.73. The molecule has 0 radical (unpaired) electrons. The van der Waals surface area contributed by atoms with E-state index in [1.54, 1.807) is 0 Å². The molecule has 2 aliphatic heterocycles. The SMILES string of the molecule is CCNC(=NCC1(SCC)CCOCC1)N1CC2CCCCC2C1. The lowest BCUT2D eigenvalue weighted by Crippen LogP contribution is -2.43. The molecule has 2 saturated heterocycles. The lowest BCUT2D eigenvalue weighted by molar-refractivity contribution is 0.0793. The summed E-state index contributed by atoms with van der Waals surface area (Å²) < 4.78 is 5.89. The molecule has 2 unspecified atom stereocenters. The smallest absolute Gasteiger partial charge is 0.193 e. The molecule has 5 heteroatoms. The van der Waals surface area contributed by atoms with Gasteiger partial charge in [0.1, 0.15) is 0 Å². The molecule has 4 nitrogen and oxygen atoms in total. The zero-order valence-corrected chi connectivity index (χ0v) is 16.4. The predicted molar refractivity (Wildman–Crippen MR) is 104 cm³/mol. The first-order valence-electron chi connectivity index (χ1n) is 10.0. The zero-order valence-electron chi connectivity index (χ0n) is 15.6. The van der Waals surface area contributed by atoms with Crippen LogP contribution in [-0.4, -0.2) is 60.8 Å². The van der Waals surface area contributed by atoms with Crippen molar-refractivity contribution in [2.24, 2.45) is 16.8 Å². The standard InChI is InChI=1S/C19H35N3OS/c1-3-20-18(22-13-16-7-5-6-8-17(16)14-22)21-15-19(24-4-2)9-11-23-12-10-19/h16-17H,3-15H2,1-2H3,(H,20,21).